The number of urea groups is 1. The molecule has 0 aliphatic carbocycles. The normalized spacial score (nSPS) is 11.9. The summed E-state index contributed by atoms with van der Waals surface area (Å²) in [4.78, 5) is 21.5. The maximum atomic E-state index is 11.9. The number of rotatable bonds is 8. The van der Waals surface area contributed by atoms with Crippen molar-refractivity contribution in [2.24, 2.45) is 5.92 Å². The van der Waals surface area contributed by atoms with Gasteiger partial charge in [0.25, 0.3) is 0 Å². The van der Waals surface area contributed by atoms with Crippen LogP contribution in [0.15, 0.2) is 30.6 Å². The summed E-state index contributed by atoms with van der Waals surface area (Å²) in [5.74, 6) is -0.0670. The number of aliphatic hydroxyl groups is 1. The number of pyridine rings is 1. The summed E-state index contributed by atoms with van der Waals surface area (Å²) in [5.41, 5.74) is 0.901. The molecule has 0 aromatic carbocycles. The molecule has 0 radical (unpaired) electrons. The van der Waals surface area contributed by atoms with Crippen LogP contribution in [0.1, 0.15) is 23.9 Å². The highest BCUT2D eigenvalue weighted by Crippen LogP contribution is 2.19. The van der Waals surface area contributed by atoms with Crippen LogP contribution in [0.25, 0.3) is 0 Å². The number of thiazole rings is 1. The molecule has 23 heavy (non-hydrogen) atoms. The maximum absolute atomic E-state index is 11.9. The van der Waals surface area contributed by atoms with Crippen molar-refractivity contribution in [1.29, 1.82) is 0 Å². The first-order chi connectivity index (χ1) is 11.2. The van der Waals surface area contributed by atoms with Gasteiger partial charge in [0, 0.05) is 42.0 Å². The second-order valence-electron chi connectivity index (χ2n) is 5.29. The lowest BCUT2D eigenvalue weighted by molar-refractivity contribution is 0.217. The lowest BCUT2D eigenvalue weighted by Crippen LogP contribution is -2.35. The van der Waals surface area contributed by atoms with Crippen molar-refractivity contribution < 1.29 is 9.90 Å². The summed E-state index contributed by atoms with van der Waals surface area (Å²) in [6.45, 7) is 2.48. The SMILES string of the molecule is CCCc1cnc(NC(=O)NCC(CO)Cc2ccccn2)s1. The van der Waals surface area contributed by atoms with Gasteiger partial charge >= 0.3 is 6.03 Å². The zero-order valence-electron chi connectivity index (χ0n) is 13.2. The van der Waals surface area contributed by atoms with Gasteiger partial charge < -0.3 is 10.4 Å². The van der Waals surface area contributed by atoms with Crippen molar-refractivity contribution in [2.75, 3.05) is 18.5 Å². The Balaban J connectivity index is 1.77. The fourth-order valence-corrected chi connectivity index (χ4v) is 3.03. The molecule has 2 aromatic rings. The standard InChI is InChI=1S/C16H22N4O2S/c1-2-5-14-10-19-16(23-14)20-15(22)18-9-12(11-21)8-13-6-3-4-7-17-13/h3-4,6-7,10,12,21H,2,5,8-9,11H2,1H3,(H2,18,19,20,22). The van der Waals surface area contributed by atoms with Gasteiger partial charge in [-0.3, -0.25) is 10.3 Å². The monoisotopic (exact) mass is 334 g/mol. The largest absolute Gasteiger partial charge is 0.396 e. The van der Waals surface area contributed by atoms with E-state index in [9.17, 15) is 9.90 Å². The second-order valence-corrected chi connectivity index (χ2v) is 6.41. The molecular formula is C16H22N4O2S. The zero-order valence-corrected chi connectivity index (χ0v) is 14.0. The van der Waals surface area contributed by atoms with Crippen molar-refractivity contribution in [3.05, 3.63) is 41.2 Å². The molecule has 2 amide bonds. The average molecular weight is 334 g/mol. The molecule has 0 spiro atoms. The first-order valence-corrected chi connectivity index (χ1v) is 8.53. The number of carbonyl (C=O) groups excluding carboxylic acids is 1. The van der Waals surface area contributed by atoms with Crippen LogP contribution in [0, 0.1) is 5.92 Å². The highest BCUT2D eigenvalue weighted by Gasteiger charge is 2.12. The van der Waals surface area contributed by atoms with E-state index in [1.54, 1.807) is 12.4 Å². The molecule has 6 nitrogen and oxygen atoms in total. The molecule has 2 aromatic heterocycles. The molecule has 0 aliphatic heterocycles. The van der Waals surface area contributed by atoms with E-state index in [0.29, 0.717) is 18.1 Å². The summed E-state index contributed by atoms with van der Waals surface area (Å²) in [5, 5.41) is 15.5. The van der Waals surface area contributed by atoms with Crippen LogP contribution >= 0.6 is 11.3 Å². The van der Waals surface area contributed by atoms with Crippen LogP contribution < -0.4 is 10.6 Å². The van der Waals surface area contributed by atoms with Gasteiger partial charge in [-0.05, 0) is 25.0 Å². The van der Waals surface area contributed by atoms with E-state index in [4.69, 9.17) is 0 Å². The van der Waals surface area contributed by atoms with Gasteiger partial charge in [0.15, 0.2) is 5.13 Å². The number of nitrogens with zero attached hydrogens (tertiary/aromatic N) is 2. The van der Waals surface area contributed by atoms with Crippen molar-refractivity contribution in [2.45, 2.75) is 26.2 Å². The van der Waals surface area contributed by atoms with Crippen molar-refractivity contribution in [1.82, 2.24) is 15.3 Å². The quantitative estimate of drug-likeness (QED) is 0.692. The molecule has 2 heterocycles. The van der Waals surface area contributed by atoms with E-state index in [1.165, 1.54) is 11.3 Å². The summed E-state index contributed by atoms with van der Waals surface area (Å²) in [7, 11) is 0. The molecule has 3 N–H and O–H groups in total. The van der Waals surface area contributed by atoms with E-state index >= 15 is 0 Å². The van der Waals surface area contributed by atoms with Gasteiger partial charge in [0.1, 0.15) is 0 Å². The minimum atomic E-state index is -0.304. The Labute approximate surface area is 140 Å². The Kier molecular flexibility index (Phi) is 6.96. The maximum Gasteiger partial charge on any atom is 0.321 e. The number of amides is 2. The van der Waals surface area contributed by atoms with Gasteiger partial charge in [0.2, 0.25) is 0 Å². The minimum Gasteiger partial charge on any atom is -0.396 e. The third-order valence-corrected chi connectivity index (χ3v) is 4.28. The van der Waals surface area contributed by atoms with E-state index in [0.717, 1.165) is 23.4 Å². The number of carbonyl (C=O) groups is 1. The van der Waals surface area contributed by atoms with Crippen LogP contribution in [-0.4, -0.2) is 34.3 Å². The average Bonchev–Trinajstić information content (AvgIpc) is 3.00. The van der Waals surface area contributed by atoms with Crippen molar-refractivity contribution in [3.8, 4) is 0 Å². The first kappa shape index (κ1) is 17.4. The molecule has 0 saturated heterocycles. The zero-order chi connectivity index (χ0) is 16.5. The van der Waals surface area contributed by atoms with E-state index in [2.05, 4.69) is 27.5 Å². The van der Waals surface area contributed by atoms with Gasteiger partial charge in [-0.25, -0.2) is 9.78 Å². The number of aryl methyl sites for hydroxylation is 1. The molecule has 0 aliphatic rings. The van der Waals surface area contributed by atoms with Crippen molar-refractivity contribution >= 4 is 22.5 Å². The second kappa shape index (κ2) is 9.22. The first-order valence-electron chi connectivity index (χ1n) is 7.71. The molecular weight excluding hydrogens is 312 g/mol. The third kappa shape index (κ3) is 5.96. The van der Waals surface area contributed by atoms with Crippen LogP contribution in [0.4, 0.5) is 9.93 Å². The highest BCUT2D eigenvalue weighted by atomic mass is 32.1. The van der Waals surface area contributed by atoms with Crippen molar-refractivity contribution in [3.63, 3.8) is 0 Å². The van der Waals surface area contributed by atoms with Crippen LogP contribution in [0.5, 0.6) is 0 Å². The number of aromatic nitrogens is 2. The predicted molar refractivity (Wildman–Crippen MR) is 91.6 cm³/mol. The predicted octanol–water partition coefficient (Wildman–Crippen LogP) is 2.46. The number of nitrogens with one attached hydrogen (secondary N) is 2. The summed E-state index contributed by atoms with van der Waals surface area (Å²) >= 11 is 1.49. The number of hydrogen-bond donors (Lipinski definition) is 3. The molecule has 0 fully saturated rings. The number of anilines is 1. The van der Waals surface area contributed by atoms with Crippen LogP contribution in [0.3, 0.4) is 0 Å². The van der Waals surface area contributed by atoms with Gasteiger partial charge in [-0.15, -0.1) is 11.3 Å². The molecule has 2 rings (SSSR count). The van der Waals surface area contributed by atoms with Crippen LogP contribution in [0.2, 0.25) is 0 Å². The number of hydrogen-bond acceptors (Lipinski definition) is 5. The summed E-state index contributed by atoms with van der Waals surface area (Å²) in [6, 6.07) is 5.37. The molecule has 0 bridgehead atoms. The third-order valence-electron chi connectivity index (χ3n) is 3.30. The Hall–Kier alpha value is -1.99. The summed E-state index contributed by atoms with van der Waals surface area (Å²) in [6.07, 6.45) is 6.16. The molecule has 1 unspecified atom stereocenters. The summed E-state index contributed by atoms with van der Waals surface area (Å²) < 4.78 is 0. The molecule has 1 atom stereocenters. The van der Waals surface area contributed by atoms with E-state index in [1.807, 2.05) is 18.2 Å². The Morgan fingerprint density at radius 3 is 2.96 bits per heavy atom. The van der Waals surface area contributed by atoms with E-state index in [-0.39, 0.29) is 18.6 Å². The number of aliphatic hydroxyl groups excluding tert-OH is 1. The molecule has 0 saturated carbocycles. The fraction of sp³-hybridized carbons (Fsp3) is 0.438. The Morgan fingerprint density at radius 2 is 2.26 bits per heavy atom. The van der Waals surface area contributed by atoms with E-state index < -0.39 is 0 Å². The van der Waals surface area contributed by atoms with Gasteiger partial charge in [-0.2, -0.15) is 0 Å². The van der Waals surface area contributed by atoms with Gasteiger partial charge in [-0.1, -0.05) is 19.4 Å². The fourth-order valence-electron chi connectivity index (χ4n) is 2.12. The van der Waals surface area contributed by atoms with Gasteiger partial charge in [0.05, 0.1) is 0 Å². The van der Waals surface area contributed by atoms with Crippen LogP contribution in [-0.2, 0) is 12.8 Å². The minimum absolute atomic E-state index is 0.00520. The molecule has 7 heteroatoms. The Bertz CT molecular complexity index is 603. The highest BCUT2D eigenvalue weighted by molar-refractivity contribution is 7.15. The lowest BCUT2D eigenvalue weighted by Gasteiger charge is -2.14. The Morgan fingerprint density at radius 1 is 1.39 bits per heavy atom. The topological polar surface area (TPSA) is 87.1 Å². The smallest absolute Gasteiger partial charge is 0.321 e. The molecule has 124 valence electrons. The lowest BCUT2D eigenvalue weighted by atomic mass is 10.0.